The van der Waals surface area contributed by atoms with Gasteiger partial charge in [0.15, 0.2) is 0 Å². The Bertz CT molecular complexity index is 1160. The molecule has 32 heavy (non-hydrogen) atoms. The Labute approximate surface area is 182 Å². The molecule has 2 aromatic heterocycles. The lowest BCUT2D eigenvalue weighted by molar-refractivity contribution is -0.137. The highest BCUT2D eigenvalue weighted by Crippen LogP contribution is 2.40. The predicted molar refractivity (Wildman–Crippen MR) is 113 cm³/mol. The molecule has 9 heteroatoms. The number of aromatic nitrogens is 2. The lowest BCUT2D eigenvalue weighted by Gasteiger charge is -2.38. The molecule has 4 rings (SSSR count). The summed E-state index contributed by atoms with van der Waals surface area (Å²) in [5.41, 5.74) is 0.380. The Morgan fingerprint density at radius 3 is 2.59 bits per heavy atom. The smallest absolute Gasteiger partial charge is 0.292 e. The van der Waals surface area contributed by atoms with Gasteiger partial charge in [-0.2, -0.15) is 13.2 Å². The van der Waals surface area contributed by atoms with Gasteiger partial charge in [0, 0.05) is 17.7 Å². The van der Waals surface area contributed by atoms with E-state index < -0.39 is 23.6 Å². The molecule has 0 saturated heterocycles. The fraction of sp³-hybridized carbons (Fsp3) is 0.261. The maximum Gasteiger partial charge on any atom is 0.416 e. The molecular formula is C23H20F4N4O. The monoisotopic (exact) mass is 444 g/mol. The summed E-state index contributed by atoms with van der Waals surface area (Å²) in [6.07, 6.45) is -2.82. The van der Waals surface area contributed by atoms with Gasteiger partial charge in [0.1, 0.15) is 17.5 Å². The van der Waals surface area contributed by atoms with Crippen molar-refractivity contribution in [2.75, 3.05) is 16.8 Å². The van der Waals surface area contributed by atoms with Gasteiger partial charge in [-0.15, -0.1) is 0 Å². The topological polar surface area (TPSA) is 58.1 Å². The van der Waals surface area contributed by atoms with Crippen LogP contribution in [0.25, 0.3) is 11.3 Å². The average molecular weight is 444 g/mol. The zero-order chi connectivity index (χ0) is 23.1. The number of carbonyl (C=O) groups excluding carboxylic acids is 1. The van der Waals surface area contributed by atoms with Gasteiger partial charge in [-0.25, -0.2) is 19.2 Å². The number of anilines is 2. The Kier molecular flexibility index (Phi) is 5.36. The van der Waals surface area contributed by atoms with E-state index in [2.05, 4.69) is 15.3 Å². The molecule has 0 fully saturated rings. The Morgan fingerprint density at radius 2 is 1.91 bits per heavy atom. The summed E-state index contributed by atoms with van der Waals surface area (Å²) in [4.78, 5) is 22.8. The van der Waals surface area contributed by atoms with Gasteiger partial charge < -0.3 is 0 Å². The first-order chi connectivity index (χ1) is 15.0. The third-order valence-corrected chi connectivity index (χ3v) is 5.51. The van der Waals surface area contributed by atoms with Gasteiger partial charge in [0.2, 0.25) is 0 Å². The standard InChI is InChI=1S/C23H20F4N4O/c1-22(2)10-11-31(21(32)30-19-9-6-16(24)13-28-19)20-17(22)7-8-18(29-20)14-4-3-5-15(12-14)23(25,26)27/h3-9,12-13H,10-11H2,1-2H3,(H,28,30,32). The highest BCUT2D eigenvalue weighted by molar-refractivity contribution is 6.01. The van der Waals surface area contributed by atoms with Gasteiger partial charge in [0.25, 0.3) is 0 Å². The maximum atomic E-state index is 13.1. The number of hydrogen-bond acceptors (Lipinski definition) is 3. The Morgan fingerprint density at radius 1 is 1.12 bits per heavy atom. The molecule has 1 aromatic carbocycles. The number of rotatable bonds is 2. The van der Waals surface area contributed by atoms with Crippen molar-refractivity contribution < 1.29 is 22.4 Å². The molecule has 2 amide bonds. The fourth-order valence-electron chi connectivity index (χ4n) is 3.65. The summed E-state index contributed by atoms with van der Waals surface area (Å²) >= 11 is 0. The van der Waals surface area contributed by atoms with Crippen LogP contribution in [-0.2, 0) is 11.6 Å². The summed E-state index contributed by atoms with van der Waals surface area (Å²) in [6, 6.07) is 10.4. The zero-order valence-electron chi connectivity index (χ0n) is 17.4. The molecule has 3 heterocycles. The summed E-state index contributed by atoms with van der Waals surface area (Å²) in [6.45, 7) is 4.40. The van der Waals surface area contributed by atoms with Crippen LogP contribution in [0.2, 0.25) is 0 Å². The van der Waals surface area contributed by atoms with Crippen molar-refractivity contribution in [2.45, 2.75) is 31.9 Å². The minimum atomic E-state index is -4.47. The van der Waals surface area contributed by atoms with Crippen molar-refractivity contribution in [3.8, 4) is 11.3 Å². The van der Waals surface area contributed by atoms with Crippen LogP contribution < -0.4 is 10.2 Å². The molecular weight excluding hydrogens is 424 g/mol. The first-order valence-electron chi connectivity index (χ1n) is 9.94. The molecule has 1 aliphatic rings. The molecule has 166 valence electrons. The maximum absolute atomic E-state index is 13.1. The Hall–Kier alpha value is -3.49. The van der Waals surface area contributed by atoms with Crippen molar-refractivity contribution in [3.63, 3.8) is 0 Å². The van der Waals surface area contributed by atoms with E-state index in [0.717, 1.165) is 23.9 Å². The van der Waals surface area contributed by atoms with Crippen molar-refractivity contribution in [1.29, 1.82) is 0 Å². The lowest BCUT2D eigenvalue weighted by atomic mass is 9.79. The van der Waals surface area contributed by atoms with Crippen LogP contribution in [-0.4, -0.2) is 22.5 Å². The molecule has 1 N–H and O–H groups in total. The number of benzene rings is 1. The van der Waals surface area contributed by atoms with Gasteiger partial charge in [0.05, 0.1) is 17.5 Å². The fourth-order valence-corrected chi connectivity index (χ4v) is 3.65. The normalized spacial score (nSPS) is 15.2. The van der Waals surface area contributed by atoms with Crippen molar-refractivity contribution in [1.82, 2.24) is 9.97 Å². The second kappa shape index (κ2) is 7.89. The number of amides is 2. The largest absolute Gasteiger partial charge is 0.416 e. The van der Waals surface area contributed by atoms with Crippen LogP contribution >= 0.6 is 0 Å². The highest BCUT2D eigenvalue weighted by Gasteiger charge is 2.36. The van der Waals surface area contributed by atoms with Crippen LogP contribution in [0.15, 0.2) is 54.7 Å². The molecule has 5 nitrogen and oxygen atoms in total. The Balaban J connectivity index is 1.72. The first kappa shape index (κ1) is 21.7. The number of carbonyl (C=O) groups is 1. The van der Waals surface area contributed by atoms with Crippen LogP contribution in [0, 0.1) is 5.82 Å². The number of urea groups is 1. The molecule has 1 aliphatic heterocycles. The zero-order valence-corrected chi connectivity index (χ0v) is 17.4. The minimum Gasteiger partial charge on any atom is -0.292 e. The third-order valence-electron chi connectivity index (χ3n) is 5.51. The first-order valence-corrected chi connectivity index (χ1v) is 9.94. The predicted octanol–water partition coefficient (Wildman–Crippen LogP) is 6.02. The second-order valence-corrected chi connectivity index (χ2v) is 8.22. The number of fused-ring (bicyclic) bond motifs is 1. The van der Waals surface area contributed by atoms with Crippen molar-refractivity contribution in [2.24, 2.45) is 0 Å². The summed E-state index contributed by atoms with van der Waals surface area (Å²) in [5, 5.41) is 2.62. The van der Waals surface area contributed by atoms with Crippen LogP contribution in [0.3, 0.4) is 0 Å². The van der Waals surface area contributed by atoms with E-state index in [1.165, 1.54) is 23.1 Å². The highest BCUT2D eigenvalue weighted by atomic mass is 19.4. The van der Waals surface area contributed by atoms with Crippen molar-refractivity contribution >= 4 is 17.7 Å². The number of pyridine rings is 2. The van der Waals surface area contributed by atoms with Gasteiger partial charge >= 0.3 is 12.2 Å². The van der Waals surface area contributed by atoms with Crippen LogP contribution in [0.4, 0.5) is 34.0 Å². The quantitative estimate of drug-likeness (QED) is 0.492. The molecule has 0 spiro atoms. The molecule has 3 aromatic rings. The van der Waals surface area contributed by atoms with Crippen molar-refractivity contribution in [3.05, 3.63) is 71.7 Å². The van der Waals surface area contributed by atoms with E-state index >= 15 is 0 Å². The van der Waals surface area contributed by atoms with E-state index in [1.807, 2.05) is 13.8 Å². The van der Waals surface area contributed by atoms with E-state index in [-0.39, 0.29) is 11.2 Å². The molecule has 0 radical (unpaired) electrons. The van der Waals surface area contributed by atoms with E-state index in [1.54, 1.807) is 18.2 Å². The molecule has 0 saturated carbocycles. The summed E-state index contributed by atoms with van der Waals surface area (Å²) < 4.78 is 52.5. The minimum absolute atomic E-state index is 0.178. The molecule has 0 bridgehead atoms. The average Bonchev–Trinajstić information content (AvgIpc) is 2.74. The number of nitrogens with zero attached hydrogens (tertiary/aromatic N) is 3. The van der Waals surface area contributed by atoms with Crippen LogP contribution in [0.5, 0.6) is 0 Å². The van der Waals surface area contributed by atoms with Gasteiger partial charge in [-0.05, 0) is 42.2 Å². The molecule has 0 aliphatic carbocycles. The van der Waals surface area contributed by atoms with E-state index in [0.29, 0.717) is 30.0 Å². The lowest BCUT2D eigenvalue weighted by Crippen LogP contribution is -2.44. The van der Waals surface area contributed by atoms with E-state index in [9.17, 15) is 22.4 Å². The summed E-state index contributed by atoms with van der Waals surface area (Å²) in [7, 11) is 0. The SMILES string of the molecule is CC1(C)CCN(C(=O)Nc2ccc(F)cn2)c2nc(-c3cccc(C(F)(F)F)c3)ccc21. The van der Waals surface area contributed by atoms with Gasteiger partial charge in [-0.3, -0.25) is 10.2 Å². The number of halogens is 4. The van der Waals surface area contributed by atoms with Gasteiger partial charge in [-0.1, -0.05) is 32.0 Å². The molecule has 0 unspecified atom stereocenters. The number of alkyl halides is 3. The third kappa shape index (κ3) is 4.28. The second-order valence-electron chi connectivity index (χ2n) is 8.22. The number of nitrogens with one attached hydrogen (secondary N) is 1. The van der Waals surface area contributed by atoms with E-state index in [4.69, 9.17) is 0 Å². The summed E-state index contributed by atoms with van der Waals surface area (Å²) in [5.74, 6) is 0.0213. The molecule has 0 atom stereocenters. The number of hydrogen-bond donors (Lipinski definition) is 1. The van der Waals surface area contributed by atoms with Crippen LogP contribution in [0.1, 0.15) is 31.4 Å².